The van der Waals surface area contributed by atoms with E-state index in [4.69, 9.17) is 5.73 Å². The van der Waals surface area contributed by atoms with Crippen molar-refractivity contribution in [3.8, 4) is 0 Å². The molecule has 0 radical (unpaired) electrons. The smallest absolute Gasteiger partial charge is 0.193 e. The summed E-state index contributed by atoms with van der Waals surface area (Å²) in [6.07, 6.45) is 0. The molecule has 1 fully saturated rings. The molecule has 0 amide bonds. The van der Waals surface area contributed by atoms with Crippen LogP contribution in [0.4, 0.5) is 11.4 Å². The Balaban J connectivity index is 1.84. The highest BCUT2D eigenvalue weighted by Crippen LogP contribution is 2.22. The Kier molecular flexibility index (Phi) is 2.52. The van der Waals surface area contributed by atoms with Crippen molar-refractivity contribution in [1.82, 2.24) is 0 Å². The molecule has 2 aromatic carbocycles. The predicted molar refractivity (Wildman–Crippen MR) is 72.9 cm³/mol. The molecule has 18 heavy (non-hydrogen) atoms. The van der Waals surface area contributed by atoms with E-state index in [2.05, 4.69) is 4.90 Å². The number of anilines is 2. The van der Waals surface area contributed by atoms with E-state index >= 15 is 0 Å². The van der Waals surface area contributed by atoms with E-state index in [0.717, 1.165) is 13.1 Å². The summed E-state index contributed by atoms with van der Waals surface area (Å²) < 4.78 is 0. The van der Waals surface area contributed by atoms with Crippen molar-refractivity contribution < 1.29 is 4.79 Å². The SMILES string of the molecule is Nc1ccc(C(=O)c2ccc(N3CC3)cc2)cc1. The van der Waals surface area contributed by atoms with Gasteiger partial charge in [-0.15, -0.1) is 0 Å². The largest absolute Gasteiger partial charge is 0.399 e. The number of nitrogens with zero attached hydrogens (tertiary/aromatic N) is 1. The molecule has 0 aliphatic carbocycles. The molecule has 1 saturated heterocycles. The van der Waals surface area contributed by atoms with Gasteiger partial charge in [-0.05, 0) is 48.5 Å². The molecule has 0 spiro atoms. The molecule has 1 aliphatic heterocycles. The zero-order valence-corrected chi connectivity index (χ0v) is 9.97. The fraction of sp³-hybridized carbons (Fsp3) is 0.133. The van der Waals surface area contributed by atoms with Gasteiger partial charge in [-0.3, -0.25) is 4.79 Å². The van der Waals surface area contributed by atoms with Crippen LogP contribution in [0.1, 0.15) is 15.9 Å². The number of carbonyl (C=O) groups excluding carboxylic acids is 1. The second kappa shape index (κ2) is 4.18. The van der Waals surface area contributed by atoms with E-state index in [-0.39, 0.29) is 5.78 Å². The second-order valence-electron chi connectivity index (χ2n) is 4.49. The van der Waals surface area contributed by atoms with Crippen molar-refractivity contribution in [2.24, 2.45) is 0 Å². The summed E-state index contributed by atoms with van der Waals surface area (Å²) in [5.41, 5.74) is 8.85. The average molecular weight is 238 g/mol. The molecule has 1 aliphatic rings. The van der Waals surface area contributed by atoms with Gasteiger partial charge in [-0.2, -0.15) is 0 Å². The number of nitrogens with two attached hydrogens (primary N) is 1. The molecule has 2 N–H and O–H groups in total. The minimum absolute atomic E-state index is 0.0346. The Bertz CT molecular complexity index is 568. The highest BCUT2D eigenvalue weighted by molar-refractivity contribution is 6.09. The summed E-state index contributed by atoms with van der Waals surface area (Å²) >= 11 is 0. The second-order valence-corrected chi connectivity index (χ2v) is 4.49. The quantitative estimate of drug-likeness (QED) is 0.507. The van der Waals surface area contributed by atoms with Gasteiger partial charge in [0.15, 0.2) is 5.78 Å². The van der Waals surface area contributed by atoms with Gasteiger partial charge in [0.05, 0.1) is 0 Å². The fourth-order valence-corrected chi connectivity index (χ4v) is 1.93. The molecule has 90 valence electrons. The number of carbonyl (C=O) groups is 1. The van der Waals surface area contributed by atoms with Crippen LogP contribution in [0.25, 0.3) is 0 Å². The van der Waals surface area contributed by atoms with E-state index in [1.165, 1.54) is 5.69 Å². The van der Waals surface area contributed by atoms with Crippen LogP contribution in [0.3, 0.4) is 0 Å². The first-order valence-corrected chi connectivity index (χ1v) is 5.99. The molecule has 3 rings (SSSR count). The van der Waals surface area contributed by atoms with E-state index in [0.29, 0.717) is 16.8 Å². The maximum absolute atomic E-state index is 12.2. The van der Waals surface area contributed by atoms with Gasteiger partial charge in [0.1, 0.15) is 0 Å². The first kappa shape index (κ1) is 10.8. The molecule has 2 aromatic rings. The molecule has 0 unspecified atom stereocenters. The molecule has 3 nitrogen and oxygen atoms in total. The maximum atomic E-state index is 12.2. The van der Waals surface area contributed by atoms with Crippen molar-refractivity contribution in [1.29, 1.82) is 0 Å². The number of hydrogen-bond donors (Lipinski definition) is 1. The van der Waals surface area contributed by atoms with Crippen LogP contribution in [0, 0.1) is 0 Å². The lowest BCUT2D eigenvalue weighted by molar-refractivity contribution is 0.103. The summed E-state index contributed by atoms with van der Waals surface area (Å²) in [6.45, 7) is 2.23. The number of ketones is 1. The lowest BCUT2D eigenvalue weighted by Crippen LogP contribution is -2.01. The lowest BCUT2D eigenvalue weighted by atomic mass is 10.0. The Morgan fingerprint density at radius 1 is 0.889 bits per heavy atom. The van der Waals surface area contributed by atoms with Gasteiger partial charge in [-0.25, -0.2) is 0 Å². The minimum atomic E-state index is 0.0346. The van der Waals surface area contributed by atoms with Crippen LogP contribution in [-0.2, 0) is 0 Å². The van der Waals surface area contributed by atoms with E-state index in [1.54, 1.807) is 24.3 Å². The molecular formula is C15H14N2O. The third kappa shape index (κ3) is 2.07. The van der Waals surface area contributed by atoms with Crippen LogP contribution >= 0.6 is 0 Å². The molecule has 3 heteroatoms. The first-order valence-electron chi connectivity index (χ1n) is 5.99. The third-order valence-electron chi connectivity index (χ3n) is 3.11. The lowest BCUT2D eigenvalue weighted by Gasteiger charge is -2.05. The fourth-order valence-electron chi connectivity index (χ4n) is 1.93. The van der Waals surface area contributed by atoms with Crippen molar-refractivity contribution in [2.75, 3.05) is 23.7 Å². The molecule has 0 saturated carbocycles. The molecule has 1 heterocycles. The van der Waals surface area contributed by atoms with Gasteiger partial charge < -0.3 is 10.6 Å². The van der Waals surface area contributed by atoms with Crippen molar-refractivity contribution in [2.45, 2.75) is 0 Å². The molecule has 0 bridgehead atoms. The molecule has 0 atom stereocenters. The zero-order valence-electron chi connectivity index (χ0n) is 9.97. The van der Waals surface area contributed by atoms with E-state index in [9.17, 15) is 4.79 Å². The Morgan fingerprint density at radius 2 is 1.39 bits per heavy atom. The predicted octanol–water partition coefficient (Wildman–Crippen LogP) is 2.32. The summed E-state index contributed by atoms with van der Waals surface area (Å²) in [6, 6.07) is 14.8. The van der Waals surface area contributed by atoms with Crippen LogP contribution < -0.4 is 10.6 Å². The topological polar surface area (TPSA) is 46.1 Å². The van der Waals surface area contributed by atoms with Crippen molar-refractivity contribution >= 4 is 17.2 Å². The average Bonchev–Trinajstić information content (AvgIpc) is 3.23. The van der Waals surface area contributed by atoms with Crippen LogP contribution in [-0.4, -0.2) is 18.9 Å². The van der Waals surface area contributed by atoms with Gasteiger partial charge in [-0.1, -0.05) is 0 Å². The number of benzene rings is 2. The Labute approximate surface area is 106 Å². The van der Waals surface area contributed by atoms with Crippen LogP contribution in [0.5, 0.6) is 0 Å². The molecular weight excluding hydrogens is 224 g/mol. The number of hydrogen-bond acceptors (Lipinski definition) is 3. The summed E-state index contributed by atoms with van der Waals surface area (Å²) in [5, 5.41) is 0. The summed E-state index contributed by atoms with van der Waals surface area (Å²) in [5.74, 6) is 0.0346. The molecule has 0 aromatic heterocycles. The normalized spacial score (nSPS) is 13.4. The summed E-state index contributed by atoms with van der Waals surface area (Å²) in [7, 11) is 0. The van der Waals surface area contributed by atoms with Gasteiger partial charge in [0.25, 0.3) is 0 Å². The zero-order chi connectivity index (χ0) is 12.5. The first-order chi connectivity index (χ1) is 8.74. The monoisotopic (exact) mass is 238 g/mol. The van der Waals surface area contributed by atoms with Crippen LogP contribution in [0.15, 0.2) is 48.5 Å². The van der Waals surface area contributed by atoms with Gasteiger partial charge >= 0.3 is 0 Å². The van der Waals surface area contributed by atoms with E-state index < -0.39 is 0 Å². The summed E-state index contributed by atoms with van der Waals surface area (Å²) in [4.78, 5) is 14.4. The maximum Gasteiger partial charge on any atom is 0.193 e. The highest BCUT2D eigenvalue weighted by atomic mass is 16.1. The van der Waals surface area contributed by atoms with E-state index in [1.807, 2.05) is 24.3 Å². The highest BCUT2D eigenvalue weighted by Gasteiger charge is 2.18. The van der Waals surface area contributed by atoms with Crippen LogP contribution in [0.2, 0.25) is 0 Å². The van der Waals surface area contributed by atoms with Crippen molar-refractivity contribution in [3.05, 3.63) is 59.7 Å². The minimum Gasteiger partial charge on any atom is -0.399 e. The Morgan fingerprint density at radius 3 is 1.89 bits per heavy atom. The van der Waals surface area contributed by atoms with Gasteiger partial charge in [0, 0.05) is 35.6 Å². The number of nitrogen functional groups attached to an aromatic ring is 1. The Hall–Kier alpha value is -2.29. The number of rotatable bonds is 3. The standard InChI is InChI=1S/C15H14N2O/c16-13-5-1-11(2-6-13)15(18)12-3-7-14(8-4-12)17-9-10-17/h1-8H,9-10,16H2. The van der Waals surface area contributed by atoms with Gasteiger partial charge in [0.2, 0.25) is 0 Å². The van der Waals surface area contributed by atoms with Crippen molar-refractivity contribution in [3.63, 3.8) is 0 Å². The third-order valence-corrected chi connectivity index (χ3v) is 3.11.